The number of rotatable bonds is 23. The molecule has 2 aromatic carbocycles. The summed E-state index contributed by atoms with van der Waals surface area (Å²) in [7, 11) is -0.861. The summed E-state index contributed by atoms with van der Waals surface area (Å²) in [4.78, 5) is 0. The second kappa shape index (κ2) is 20.1. The lowest BCUT2D eigenvalue weighted by Gasteiger charge is -2.44. The highest BCUT2D eigenvalue weighted by atomic mass is 28.4. The predicted molar refractivity (Wildman–Crippen MR) is 193 cm³/mol. The third-order valence-corrected chi connectivity index (χ3v) is 14.4. The minimum atomic E-state index is -2.50. The maximum atomic E-state index is 11.0. The van der Waals surface area contributed by atoms with Crippen molar-refractivity contribution in [2.75, 3.05) is 33.7 Å². The second-order valence-electron chi connectivity index (χ2n) is 14.6. The molecule has 47 heavy (non-hydrogen) atoms. The molecule has 8 heteroatoms. The predicted octanol–water partition coefficient (Wildman–Crippen LogP) is 7.37. The highest BCUT2D eigenvalue weighted by molar-refractivity contribution is 6.99. The SMILES string of the molecule is COCCOCO[C@@H]([C@H](O)CCCCCCCCCC[C@H](C)O[Si](c1ccccc1)(c1ccccc1)C(C)(C)C)[C@H]1COC(C)(C)O1. The monoisotopic (exact) mass is 672 g/mol. The zero-order chi connectivity index (χ0) is 34.2. The Morgan fingerprint density at radius 3 is 1.85 bits per heavy atom. The van der Waals surface area contributed by atoms with Gasteiger partial charge in [0, 0.05) is 13.2 Å². The quantitative estimate of drug-likeness (QED) is 0.0751. The van der Waals surface area contributed by atoms with Crippen LogP contribution < -0.4 is 10.4 Å². The molecule has 1 N–H and O–H groups in total. The molecule has 2 aromatic rings. The van der Waals surface area contributed by atoms with Crippen molar-refractivity contribution in [1.29, 1.82) is 0 Å². The Kier molecular flexibility index (Phi) is 17.1. The average Bonchev–Trinajstić information content (AvgIpc) is 3.41. The van der Waals surface area contributed by atoms with Gasteiger partial charge in [-0.3, -0.25) is 0 Å². The highest BCUT2D eigenvalue weighted by Gasteiger charge is 2.51. The van der Waals surface area contributed by atoms with Gasteiger partial charge in [-0.1, -0.05) is 133 Å². The third-order valence-electron chi connectivity index (χ3n) is 9.21. The van der Waals surface area contributed by atoms with Crippen molar-refractivity contribution in [3.8, 4) is 0 Å². The lowest BCUT2D eigenvalue weighted by molar-refractivity contribution is -0.192. The van der Waals surface area contributed by atoms with E-state index in [1.807, 2.05) is 13.8 Å². The van der Waals surface area contributed by atoms with Gasteiger partial charge in [-0.2, -0.15) is 0 Å². The fourth-order valence-electron chi connectivity index (χ4n) is 6.73. The molecule has 0 aromatic heterocycles. The summed E-state index contributed by atoms with van der Waals surface area (Å²) >= 11 is 0. The number of hydrogen-bond donors (Lipinski definition) is 1. The van der Waals surface area contributed by atoms with Crippen molar-refractivity contribution in [2.24, 2.45) is 0 Å². The van der Waals surface area contributed by atoms with E-state index in [0.29, 0.717) is 26.2 Å². The first-order valence-corrected chi connectivity index (χ1v) is 19.9. The Hall–Kier alpha value is -1.62. The molecule has 0 unspecified atom stereocenters. The lowest BCUT2D eigenvalue weighted by Crippen LogP contribution is -2.67. The number of methoxy groups -OCH3 is 1. The van der Waals surface area contributed by atoms with Crippen molar-refractivity contribution < 1.29 is 33.2 Å². The molecule has 266 valence electrons. The van der Waals surface area contributed by atoms with Gasteiger partial charge in [0.25, 0.3) is 8.32 Å². The summed E-state index contributed by atoms with van der Waals surface area (Å²) in [5.41, 5.74) is 0. The topological polar surface area (TPSA) is 75.6 Å². The van der Waals surface area contributed by atoms with E-state index in [9.17, 15) is 5.11 Å². The fourth-order valence-corrected chi connectivity index (χ4v) is 11.5. The van der Waals surface area contributed by atoms with Gasteiger partial charge in [0.1, 0.15) is 19.0 Å². The molecule has 1 fully saturated rings. The molecule has 0 saturated carbocycles. The van der Waals surface area contributed by atoms with Crippen molar-refractivity contribution >= 4 is 18.7 Å². The minimum absolute atomic E-state index is 0.00204. The van der Waals surface area contributed by atoms with Crippen molar-refractivity contribution in [3.63, 3.8) is 0 Å². The molecule has 1 saturated heterocycles. The van der Waals surface area contributed by atoms with Crippen LogP contribution in [-0.2, 0) is 28.1 Å². The molecule has 1 aliphatic rings. The molecule has 1 heterocycles. The smallest absolute Gasteiger partial charge is 0.261 e. The maximum Gasteiger partial charge on any atom is 0.261 e. The average molecular weight is 673 g/mol. The van der Waals surface area contributed by atoms with Crippen LogP contribution in [0.25, 0.3) is 0 Å². The fraction of sp³-hybridized carbons (Fsp3) is 0.692. The molecular formula is C39H64O7Si. The first-order valence-electron chi connectivity index (χ1n) is 18.0. The van der Waals surface area contributed by atoms with Crippen LogP contribution in [0.4, 0.5) is 0 Å². The van der Waals surface area contributed by atoms with E-state index >= 15 is 0 Å². The van der Waals surface area contributed by atoms with E-state index in [4.69, 9.17) is 28.1 Å². The molecular weight excluding hydrogens is 609 g/mol. The lowest BCUT2D eigenvalue weighted by atomic mass is 10.0. The van der Waals surface area contributed by atoms with Gasteiger partial charge in [0.2, 0.25) is 0 Å². The van der Waals surface area contributed by atoms with Gasteiger partial charge in [-0.05, 0) is 49.0 Å². The Morgan fingerprint density at radius 2 is 1.36 bits per heavy atom. The van der Waals surface area contributed by atoms with Gasteiger partial charge in [-0.25, -0.2) is 0 Å². The number of benzene rings is 2. The first kappa shape index (κ1) is 39.8. The van der Waals surface area contributed by atoms with Crippen LogP contribution in [0.1, 0.15) is 106 Å². The van der Waals surface area contributed by atoms with Crippen LogP contribution in [0.3, 0.4) is 0 Å². The van der Waals surface area contributed by atoms with Crippen LogP contribution in [0.2, 0.25) is 5.04 Å². The van der Waals surface area contributed by atoms with E-state index in [0.717, 1.165) is 19.3 Å². The van der Waals surface area contributed by atoms with E-state index in [1.165, 1.54) is 48.9 Å². The van der Waals surface area contributed by atoms with Gasteiger partial charge < -0.3 is 33.2 Å². The molecule has 0 radical (unpaired) electrons. The molecule has 0 amide bonds. The largest absolute Gasteiger partial charge is 0.405 e. The van der Waals surface area contributed by atoms with Crippen LogP contribution in [0, 0.1) is 0 Å². The van der Waals surface area contributed by atoms with Crippen LogP contribution in [-0.4, -0.2) is 77.4 Å². The summed E-state index contributed by atoms with van der Waals surface area (Å²) in [6.07, 6.45) is 9.91. The van der Waals surface area contributed by atoms with E-state index in [2.05, 4.69) is 88.4 Å². The Bertz CT molecular complexity index is 1050. The molecule has 3 rings (SSSR count). The molecule has 0 aliphatic carbocycles. The normalized spacial score (nSPS) is 18.7. The van der Waals surface area contributed by atoms with Crippen molar-refractivity contribution in [1.82, 2.24) is 0 Å². The van der Waals surface area contributed by atoms with E-state index in [-0.39, 0.29) is 24.0 Å². The van der Waals surface area contributed by atoms with E-state index < -0.39 is 26.3 Å². The number of aliphatic hydroxyl groups excluding tert-OH is 1. The van der Waals surface area contributed by atoms with Gasteiger partial charge in [0.05, 0.1) is 25.9 Å². The maximum absolute atomic E-state index is 11.0. The molecule has 0 spiro atoms. The van der Waals surface area contributed by atoms with Crippen molar-refractivity contribution in [2.45, 2.75) is 141 Å². The van der Waals surface area contributed by atoms with Crippen molar-refractivity contribution in [3.05, 3.63) is 60.7 Å². The zero-order valence-corrected chi connectivity index (χ0v) is 31.4. The Morgan fingerprint density at radius 1 is 0.830 bits per heavy atom. The minimum Gasteiger partial charge on any atom is -0.405 e. The van der Waals surface area contributed by atoms with E-state index in [1.54, 1.807) is 7.11 Å². The first-order chi connectivity index (χ1) is 22.5. The number of unbranched alkanes of at least 4 members (excludes halogenated alkanes) is 7. The zero-order valence-electron chi connectivity index (χ0n) is 30.4. The van der Waals surface area contributed by atoms with Gasteiger partial charge >= 0.3 is 0 Å². The molecule has 0 bridgehead atoms. The van der Waals surface area contributed by atoms with Crippen LogP contribution in [0.5, 0.6) is 0 Å². The van der Waals surface area contributed by atoms with Crippen LogP contribution in [0.15, 0.2) is 60.7 Å². The summed E-state index contributed by atoms with van der Waals surface area (Å²) in [5.74, 6) is -0.670. The van der Waals surface area contributed by atoms with Gasteiger partial charge in [0.15, 0.2) is 5.79 Å². The molecule has 7 nitrogen and oxygen atoms in total. The number of ether oxygens (including phenoxy) is 5. The number of hydrogen-bond acceptors (Lipinski definition) is 7. The van der Waals surface area contributed by atoms with Crippen LogP contribution >= 0.6 is 0 Å². The summed E-state index contributed by atoms with van der Waals surface area (Å²) in [5, 5.41) is 13.7. The second-order valence-corrected chi connectivity index (χ2v) is 18.8. The summed E-state index contributed by atoms with van der Waals surface area (Å²) in [6.45, 7) is 14.5. The van der Waals surface area contributed by atoms with Gasteiger partial charge in [-0.15, -0.1) is 0 Å². The summed E-state index contributed by atoms with van der Waals surface area (Å²) in [6, 6.07) is 21.9. The third kappa shape index (κ3) is 12.6. The standard InChI is InChI=1S/C39H64O7Si/c1-32(46-47(38(2,3)4,33-23-17-14-18-24-33)34-25-19-15-20-26-34)22-16-12-10-8-9-11-13-21-27-35(40)37(43-31-42-29-28-41-7)36-30-44-39(5,6)45-36/h14-15,17-20,23-26,32,35-37,40H,8-13,16,21-22,27-31H2,1-7H3/t32-,35+,36+,37-/m0/s1. The molecule has 1 aliphatic heterocycles. The Labute approximate surface area is 286 Å². The molecule has 4 atom stereocenters. The summed E-state index contributed by atoms with van der Waals surface area (Å²) < 4.78 is 35.4. The number of aliphatic hydroxyl groups is 1. The highest BCUT2D eigenvalue weighted by Crippen LogP contribution is 2.38. The Balaban J connectivity index is 1.35.